The topological polar surface area (TPSA) is 35.2 Å². The highest BCUT2D eigenvalue weighted by atomic mass is 35.5. The van der Waals surface area contributed by atoms with Gasteiger partial charge in [-0.2, -0.15) is 0 Å². The zero-order valence-corrected chi connectivity index (χ0v) is 12.1. The van der Waals surface area contributed by atoms with Crippen molar-refractivity contribution in [2.45, 2.75) is 19.4 Å². The molecule has 19 heavy (non-hydrogen) atoms. The van der Waals surface area contributed by atoms with Crippen LogP contribution >= 0.6 is 23.2 Å². The zero-order valence-electron chi connectivity index (χ0n) is 10.6. The summed E-state index contributed by atoms with van der Waals surface area (Å²) in [7, 11) is 0. The minimum atomic E-state index is 0.0838. The molecule has 0 saturated heterocycles. The maximum absolute atomic E-state index is 6.21. The van der Waals surface area contributed by atoms with Crippen LogP contribution in [0.4, 0.5) is 0 Å². The largest absolute Gasteiger partial charge is 0.457 e. The molecular formula is C15H15Cl2NO. The van der Waals surface area contributed by atoms with Crippen LogP contribution in [0.15, 0.2) is 42.5 Å². The molecule has 0 amide bonds. The third-order valence-electron chi connectivity index (χ3n) is 2.62. The maximum Gasteiger partial charge on any atom is 0.128 e. The Bertz CT molecular complexity index is 553. The minimum Gasteiger partial charge on any atom is -0.457 e. The van der Waals surface area contributed by atoms with Crippen molar-refractivity contribution in [1.82, 2.24) is 0 Å². The van der Waals surface area contributed by atoms with Crippen LogP contribution in [-0.4, -0.2) is 6.04 Å². The fourth-order valence-corrected chi connectivity index (χ4v) is 2.12. The Morgan fingerprint density at radius 2 is 1.68 bits per heavy atom. The predicted molar refractivity (Wildman–Crippen MR) is 80.3 cm³/mol. The van der Waals surface area contributed by atoms with Crippen molar-refractivity contribution >= 4 is 23.2 Å². The van der Waals surface area contributed by atoms with Crippen molar-refractivity contribution in [1.29, 1.82) is 0 Å². The van der Waals surface area contributed by atoms with E-state index in [2.05, 4.69) is 0 Å². The van der Waals surface area contributed by atoms with E-state index in [0.717, 1.165) is 17.7 Å². The third-order valence-corrected chi connectivity index (χ3v) is 3.22. The van der Waals surface area contributed by atoms with Gasteiger partial charge in [-0.05, 0) is 55.3 Å². The van der Waals surface area contributed by atoms with Gasteiger partial charge in [-0.25, -0.2) is 0 Å². The second-order valence-electron chi connectivity index (χ2n) is 4.49. The molecule has 2 aromatic rings. The van der Waals surface area contributed by atoms with Gasteiger partial charge < -0.3 is 10.5 Å². The molecule has 0 fully saturated rings. The summed E-state index contributed by atoms with van der Waals surface area (Å²) in [5.74, 6) is 1.42. The van der Waals surface area contributed by atoms with Gasteiger partial charge in [-0.1, -0.05) is 29.3 Å². The number of benzene rings is 2. The molecule has 1 atom stereocenters. The first-order valence-corrected chi connectivity index (χ1v) is 6.77. The molecule has 0 aliphatic heterocycles. The second-order valence-corrected chi connectivity index (χ2v) is 5.33. The van der Waals surface area contributed by atoms with Crippen molar-refractivity contribution in [2.75, 3.05) is 0 Å². The number of hydrogen-bond donors (Lipinski definition) is 1. The average Bonchev–Trinajstić information content (AvgIpc) is 2.35. The molecule has 1 unspecified atom stereocenters. The van der Waals surface area contributed by atoms with E-state index in [1.54, 1.807) is 18.2 Å². The molecule has 0 aliphatic rings. The number of halogens is 2. The van der Waals surface area contributed by atoms with E-state index in [1.807, 2.05) is 31.2 Å². The van der Waals surface area contributed by atoms with Crippen LogP contribution in [0.2, 0.25) is 10.0 Å². The van der Waals surface area contributed by atoms with Crippen LogP contribution in [0.3, 0.4) is 0 Å². The monoisotopic (exact) mass is 295 g/mol. The molecule has 4 heteroatoms. The lowest BCUT2D eigenvalue weighted by Crippen LogP contribution is -2.17. The van der Waals surface area contributed by atoms with E-state index in [9.17, 15) is 0 Å². The van der Waals surface area contributed by atoms with E-state index in [1.165, 1.54) is 0 Å². The van der Waals surface area contributed by atoms with Crippen molar-refractivity contribution in [3.63, 3.8) is 0 Å². The molecule has 0 spiro atoms. The average molecular weight is 296 g/mol. The second kappa shape index (κ2) is 6.29. The molecule has 0 saturated carbocycles. The Labute approximate surface area is 123 Å². The molecule has 2 N–H and O–H groups in total. The molecule has 2 rings (SSSR count). The normalized spacial score (nSPS) is 12.2. The summed E-state index contributed by atoms with van der Waals surface area (Å²) in [6.07, 6.45) is 0.750. The highest BCUT2D eigenvalue weighted by molar-refractivity contribution is 6.31. The van der Waals surface area contributed by atoms with Crippen molar-refractivity contribution in [3.05, 3.63) is 58.1 Å². The quantitative estimate of drug-likeness (QED) is 0.889. The Hall–Kier alpha value is -1.22. The fraction of sp³-hybridized carbons (Fsp3) is 0.200. The standard InChI is InChI=1S/C15H15Cl2NO/c1-10(18)8-11-2-5-14(9-15(11)17)19-13-6-3-12(16)4-7-13/h2-7,9-10H,8,18H2,1H3. The van der Waals surface area contributed by atoms with Gasteiger partial charge in [-0.3, -0.25) is 0 Å². The van der Waals surface area contributed by atoms with Gasteiger partial charge in [0.25, 0.3) is 0 Å². The molecule has 100 valence electrons. The van der Waals surface area contributed by atoms with Crippen LogP contribution in [-0.2, 0) is 6.42 Å². The van der Waals surface area contributed by atoms with Crippen LogP contribution < -0.4 is 10.5 Å². The summed E-state index contributed by atoms with van der Waals surface area (Å²) in [6, 6.07) is 12.9. The fourth-order valence-electron chi connectivity index (χ4n) is 1.74. The highest BCUT2D eigenvalue weighted by Crippen LogP contribution is 2.28. The van der Waals surface area contributed by atoms with Gasteiger partial charge in [0.1, 0.15) is 11.5 Å². The number of hydrogen-bond acceptors (Lipinski definition) is 2. The number of nitrogens with two attached hydrogens (primary N) is 1. The van der Waals surface area contributed by atoms with Gasteiger partial charge in [-0.15, -0.1) is 0 Å². The van der Waals surface area contributed by atoms with Gasteiger partial charge in [0.05, 0.1) is 0 Å². The van der Waals surface area contributed by atoms with Gasteiger partial charge in [0.15, 0.2) is 0 Å². The summed E-state index contributed by atoms with van der Waals surface area (Å²) in [5.41, 5.74) is 6.79. The first-order chi connectivity index (χ1) is 9.04. The first kappa shape index (κ1) is 14.2. The van der Waals surface area contributed by atoms with Gasteiger partial charge in [0.2, 0.25) is 0 Å². The van der Waals surface area contributed by atoms with E-state index in [-0.39, 0.29) is 6.04 Å². The van der Waals surface area contributed by atoms with Crippen LogP contribution in [0.1, 0.15) is 12.5 Å². The summed E-state index contributed by atoms with van der Waals surface area (Å²) in [5, 5.41) is 1.35. The Balaban J connectivity index is 2.13. The molecule has 0 aromatic heterocycles. The lowest BCUT2D eigenvalue weighted by molar-refractivity contribution is 0.482. The summed E-state index contributed by atoms with van der Waals surface area (Å²) >= 11 is 12.0. The Morgan fingerprint density at radius 3 is 2.26 bits per heavy atom. The molecule has 0 bridgehead atoms. The maximum atomic E-state index is 6.21. The van der Waals surface area contributed by atoms with Crippen molar-refractivity contribution in [3.8, 4) is 11.5 Å². The SMILES string of the molecule is CC(N)Cc1ccc(Oc2ccc(Cl)cc2)cc1Cl. The number of ether oxygens (including phenoxy) is 1. The number of rotatable bonds is 4. The lowest BCUT2D eigenvalue weighted by atomic mass is 10.1. The van der Waals surface area contributed by atoms with E-state index >= 15 is 0 Å². The third kappa shape index (κ3) is 4.13. The van der Waals surface area contributed by atoms with E-state index < -0.39 is 0 Å². The Kier molecular flexibility index (Phi) is 4.70. The molecule has 0 aliphatic carbocycles. The van der Waals surface area contributed by atoms with Crippen molar-refractivity contribution in [2.24, 2.45) is 5.73 Å². The minimum absolute atomic E-state index is 0.0838. The predicted octanol–water partition coefficient (Wildman–Crippen LogP) is 4.68. The van der Waals surface area contributed by atoms with E-state index in [0.29, 0.717) is 15.8 Å². The smallest absolute Gasteiger partial charge is 0.128 e. The van der Waals surface area contributed by atoms with E-state index in [4.69, 9.17) is 33.7 Å². The van der Waals surface area contributed by atoms with Crippen LogP contribution in [0.25, 0.3) is 0 Å². The first-order valence-electron chi connectivity index (χ1n) is 6.02. The molecule has 2 aromatic carbocycles. The van der Waals surface area contributed by atoms with Crippen LogP contribution in [0.5, 0.6) is 11.5 Å². The van der Waals surface area contributed by atoms with Gasteiger partial charge >= 0.3 is 0 Å². The summed E-state index contributed by atoms with van der Waals surface area (Å²) in [4.78, 5) is 0. The highest BCUT2D eigenvalue weighted by Gasteiger charge is 2.06. The molecule has 0 heterocycles. The van der Waals surface area contributed by atoms with Crippen LogP contribution in [0, 0.1) is 0 Å². The molecule has 0 radical (unpaired) electrons. The molecular weight excluding hydrogens is 281 g/mol. The summed E-state index contributed by atoms with van der Waals surface area (Å²) < 4.78 is 5.70. The van der Waals surface area contributed by atoms with Gasteiger partial charge in [0, 0.05) is 16.1 Å². The lowest BCUT2D eigenvalue weighted by Gasteiger charge is -2.10. The van der Waals surface area contributed by atoms with Crippen molar-refractivity contribution < 1.29 is 4.74 Å². The molecule has 2 nitrogen and oxygen atoms in total. The summed E-state index contributed by atoms with van der Waals surface area (Å²) in [6.45, 7) is 1.95. The Morgan fingerprint density at radius 1 is 1.05 bits per heavy atom. The zero-order chi connectivity index (χ0) is 13.8.